The van der Waals surface area contributed by atoms with Crippen LogP contribution in [-0.2, 0) is 0 Å². The van der Waals surface area contributed by atoms with E-state index in [0.717, 1.165) is 0 Å². The van der Waals surface area contributed by atoms with Gasteiger partial charge in [-0.1, -0.05) is 0 Å². The first kappa shape index (κ1) is 62.8. The summed E-state index contributed by atoms with van der Waals surface area (Å²) < 4.78 is 590. The van der Waals surface area contributed by atoms with E-state index >= 15 is 0 Å². The Balaban J connectivity index is 0.000000720. The molecule has 2 fully saturated rings. The molecule has 0 unspecified atom stereocenters. The zero-order valence-electron chi connectivity index (χ0n) is 28.5. The summed E-state index contributed by atoms with van der Waals surface area (Å²) >= 11 is 0. The molecule has 0 spiro atoms. The van der Waals surface area contributed by atoms with Crippen LogP contribution in [0.2, 0.25) is 0 Å². The zero-order valence-corrected chi connectivity index (χ0v) is 28.5. The van der Waals surface area contributed by atoms with Gasteiger partial charge < -0.3 is 0 Å². The first-order valence-corrected chi connectivity index (χ1v) is 14.2. The number of nitrogens with zero attached hydrogens (tertiary/aromatic N) is 1. The minimum Gasteiger partial charge on any atom is -0.226 e. The summed E-state index contributed by atoms with van der Waals surface area (Å²) in [4.78, 5) is -6.15. The highest BCUT2D eigenvalue weighted by molar-refractivity contribution is 5.42. The second kappa shape index (κ2) is 14.5. The average Bonchev–Trinajstić information content (AvgIpc) is 3.06. The summed E-state index contributed by atoms with van der Waals surface area (Å²) in [6, 6.07) is -29.4. The Labute approximate surface area is 335 Å². The van der Waals surface area contributed by atoms with E-state index in [1.54, 1.807) is 0 Å². The maximum atomic E-state index is 14.2. The molecule has 2 rings (SSSR count). The zero-order chi connectivity index (χ0) is 56.6. The van der Waals surface area contributed by atoms with E-state index in [0.29, 0.717) is 0 Å². The van der Waals surface area contributed by atoms with Crippen LogP contribution in [0.25, 0.3) is 0 Å². The first-order valence-electron chi connectivity index (χ1n) is 14.2. The lowest BCUT2D eigenvalue weighted by atomic mass is 9.54. The van der Waals surface area contributed by atoms with Crippen molar-refractivity contribution in [2.75, 3.05) is 0 Å². The molecular weight excluding hydrogens is 1130 g/mol. The SMILES string of the molecule is FC(F)(F)C(F)(F)C(F)(F)C(F)(F)N(C(F)(F)C(F)(F)C(F)(F)C(F)(F)F)C(F)(F)C(F)(F)C(F)(F)C(F)(F)F.FC1(F)C(F)(F)C(F)(F)C2(F)C(F)(F)C(F)(F)C(F)(F)C(F)(F)C2(F)C1(F)F. The van der Waals surface area contributed by atoms with E-state index in [1.165, 1.54) is 0 Å². The minimum atomic E-state index is -9.81. The summed E-state index contributed by atoms with van der Waals surface area (Å²) in [5.41, 5.74) is -17.3. The van der Waals surface area contributed by atoms with Crippen molar-refractivity contribution in [2.45, 2.75) is 131 Å². The third kappa shape index (κ3) is 6.32. The van der Waals surface area contributed by atoms with Crippen LogP contribution in [0.5, 0.6) is 0 Å². The Morgan fingerprint density at radius 3 is 0.397 bits per heavy atom. The Hall–Kier alpha value is -3.19. The molecule has 2 saturated carbocycles. The molecule has 0 aromatic rings. The fraction of sp³-hybridized carbons (Fsp3) is 1.00. The normalized spacial score (nSPS) is 27.8. The molecule has 0 aromatic heterocycles. The number of halogens is 45. The van der Waals surface area contributed by atoms with Gasteiger partial charge in [0.2, 0.25) is 0 Å². The highest BCUT2D eigenvalue weighted by Gasteiger charge is 3.15. The molecule has 408 valence electrons. The lowest BCUT2D eigenvalue weighted by molar-refractivity contribution is -0.560. The molecular formula is C22F45N. The van der Waals surface area contributed by atoms with E-state index in [-0.39, 0.29) is 0 Å². The lowest BCUT2D eigenvalue weighted by Crippen LogP contribution is -2.98. The summed E-state index contributed by atoms with van der Waals surface area (Å²) in [7, 11) is 0. The maximum Gasteiger partial charge on any atom is 0.460 e. The molecule has 2 aliphatic carbocycles. The predicted molar refractivity (Wildman–Crippen MR) is 112 cm³/mol. The molecule has 0 aromatic carbocycles. The molecule has 2 aliphatic rings. The summed E-state index contributed by atoms with van der Waals surface area (Å²) in [6.07, 6.45) is -25.3. The van der Waals surface area contributed by atoms with E-state index in [1.807, 2.05) is 0 Å². The predicted octanol–water partition coefficient (Wildman–Crippen LogP) is 14.1. The molecule has 0 amide bonds. The van der Waals surface area contributed by atoms with Crippen molar-refractivity contribution in [3.05, 3.63) is 0 Å². The van der Waals surface area contributed by atoms with Crippen molar-refractivity contribution < 1.29 is 198 Å². The van der Waals surface area contributed by atoms with Gasteiger partial charge in [0.25, 0.3) is 11.3 Å². The van der Waals surface area contributed by atoms with Gasteiger partial charge in [-0.2, -0.15) is 189 Å². The second-order valence-electron chi connectivity index (χ2n) is 12.8. The Kier molecular flexibility index (Phi) is 13.4. The van der Waals surface area contributed by atoms with E-state index in [4.69, 9.17) is 0 Å². The van der Waals surface area contributed by atoms with Gasteiger partial charge in [0.1, 0.15) is 0 Å². The van der Waals surface area contributed by atoms with Crippen molar-refractivity contribution in [3.63, 3.8) is 0 Å². The molecule has 0 radical (unpaired) electrons. The van der Waals surface area contributed by atoms with E-state index in [2.05, 4.69) is 0 Å². The summed E-state index contributed by atoms with van der Waals surface area (Å²) in [6.45, 7) is 0. The smallest absolute Gasteiger partial charge is 0.226 e. The van der Waals surface area contributed by atoms with Gasteiger partial charge in [-0.15, -0.1) is 4.90 Å². The van der Waals surface area contributed by atoms with Gasteiger partial charge in [0.05, 0.1) is 0 Å². The van der Waals surface area contributed by atoms with Crippen molar-refractivity contribution in [1.29, 1.82) is 0 Å². The monoisotopic (exact) mass is 1130 g/mol. The number of alkyl halides is 45. The van der Waals surface area contributed by atoms with E-state index < -0.39 is 136 Å². The molecule has 0 atom stereocenters. The van der Waals surface area contributed by atoms with Gasteiger partial charge in [-0.05, 0) is 0 Å². The van der Waals surface area contributed by atoms with Gasteiger partial charge in [-0.25, -0.2) is 8.78 Å². The van der Waals surface area contributed by atoms with Gasteiger partial charge in [-0.3, -0.25) is 0 Å². The summed E-state index contributed by atoms with van der Waals surface area (Å²) in [5.74, 6) is -122. The van der Waals surface area contributed by atoms with Crippen LogP contribution in [-0.4, -0.2) is 136 Å². The summed E-state index contributed by atoms with van der Waals surface area (Å²) in [5, 5.41) is 0. The number of fused-ring (bicyclic) bond motifs is 1. The molecule has 0 saturated heterocycles. The minimum absolute atomic E-state index is 6.15. The van der Waals surface area contributed by atoms with Crippen molar-refractivity contribution >= 4 is 0 Å². The van der Waals surface area contributed by atoms with Crippen LogP contribution in [0.3, 0.4) is 0 Å². The molecule has 0 aliphatic heterocycles. The standard InChI is InChI=1S/C12F27N.C10F18/c13-1(14,7(25,26)27)4(19,20)10(34,35)40(11(36,37)5(21,22)2(15,16)8(28,29)30)12(38,39)6(23,24)3(17,18)9(31,32)33;11-1-2(12,5(17,18)9(25,26)7(21,22)3(1,13)14)6(19,20)10(27,28)8(23,24)4(1,15)16. The molecule has 0 bridgehead atoms. The highest BCUT2D eigenvalue weighted by atomic mass is 19.5. The Morgan fingerprint density at radius 2 is 0.294 bits per heavy atom. The molecule has 0 heterocycles. The lowest BCUT2D eigenvalue weighted by Gasteiger charge is -2.63. The largest absolute Gasteiger partial charge is 0.460 e. The first-order chi connectivity index (χ1) is 28.4. The number of hydrogen-bond acceptors (Lipinski definition) is 1. The number of hydrogen-bond donors (Lipinski definition) is 0. The van der Waals surface area contributed by atoms with Crippen LogP contribution >= 0.6 is 0 Å². The topological polar surface area (TPSA) is 3.24 Å². The van der Waals surface area contributed by atoms with Gasteiger partial charge in [0, 0.05) is 0 Å². The van der Waals surface area contributed by atoms with Crippen LogP contribution in [0, 0.1) is 0 Å². The number of rotatable bonds is 9. The average molecular weight is 1130 g/mol. The van der Waals surface area contributed by atoms with Gasteiger partial charge >= 0.3 is 120 Å². The van der Waals surface area contributed by atoms with Crippen LogP contribution in [0.4, 0.5) is 198 Å². The van der Waals surface area contributed by atoms with E-state index in [9.17, 15) is 198 Å². The van der Waals surface area contributed by atoms with Crippen molar-refractivity contribution in [3.8, 4) is 0 Å². The molecule has 68 heavy (non-hydrogen) atoms. The third-order valence-electron chi connectivity index (χ3n) is 8.80. The van der Waals surface area contributed by atoms with Crippen molar-refractivity contribution in [1.82, 2.24) is 4.90 Å². The highest BCUT2D eigenvalue weighted by Crippen LogP contribution is 2.81. The van der Waals surface area contributed by atoms with Crippen LogP contribution in [0.1, 0.15) is 0 Å². The fourth-order valence-corrected chi connectivity index (χ4v) is 4.96. The fourth-order valence-electron chi connectivity index (χ4n) is 4.96. The van der Waals surface area contributed by atoms with Crippen LogP contribution < -0.4 is 0 Å². The van der Waals surface area contributed by atoms with Crippen LogP contribution in [0.15, 0.2) is 0 Å². The second-order valence-corrected chi connectivity index (χ2v) is 12.8. The maximum absolute atomic E-state index is 14.2. The quantitative estimate of drug-likeness (QED) is 0.164. The molecule has 46 heteroatoms. The van der Waals surface area contributed by atoms with Crippen molar-refractivity contribution in [2.24, 2.45) is 0 Å². The molecule has 0 N–H and O–H groups in total. The Bertz CT molecular complexity index is 1650. The molecule has 1 nitrogen and oxygen atoms in total. The van der Waals surface area contributed by atoms with Gasteiger partial charge in [0.15, 0.2) is 0 Å². The third-order valence-corrected chi connectivity index (χ3v) is 8.80. The Morgan fingerprint density at radius 1 is 0.176 bits per heavy atom.